The molecule has 6 heteroatoms. The molecule has 0 heterocycles. The Morgan fingerprint density at radius 2 is 1.59 bits per heavy atom. The third-order valence-corrected chi connectivity index (χ3v) is 5.77. The predicted octanol–water partition coefficient (Wildman–Crippen LogP) is 4.13. The summed E-state index contributed by atoms with van der Waals surface area (Å²) in [6, 6.07) is -0.318. The second-order valence-corrected chi connectivity index (χ2v) is 8.12. The van der Waals surface area contributed by atoms with E-state index in [9.17, 15) is 14.7 Å². The fourth-order valence-corrected chi connectivity index (χ4v) is 4.09. The predicted molar refractivity (Wildman–Crippen MR) is 115 cm³/mol. The molecule has 0 bridgehead atoms. The summed E-state index contributed by atoms with van der Waals surface area (Å²) < 4.78 is 10.1. The van der Waals surface area contributed by atoms with Gasteiger partial charge in [-0.3, -0.25) is 9.59 Å². The summed E-state index contributed by atoms with van der Waals surface area (Å²) in [5, 5.41) is 13.8. The monoisotopic (exact) mass is 413 g/mol. The third kappa shape index (κ3) is 12.2. The van der Waals surface area contributed by atoms with Gasteiger partial charge in [0.25, 0.3) is 0 Å². The number of carbonyl (C=O) groups excluding carboxylic acids is 2. The topological polar surface area (TPSA) is 84.9 Å². The van der Waals surface area contributed by atoms with Crippen LogP contribution < -0.4 is 5.32 Å². The lowest BCUT2D eigenvalue weighted by Crippen LogP contribution is -2.40. The lowest BCUT2D eigenvalue weighted by molar-refractivity contribution is -0.146. The van der Waals surface area contributed by atoms with Crippen LogP contribution in [0.3, 0.4) is 0 Å². The molecule has 0 amide bonds. The Hall–Kier alpha value is -1.14. The van der Waals surface area contributed by atoms with Gasteiger partial charge in [0.1, 0.15) is 6.04 Å². The maximum Gasteiger partial charge on any atom is 0.323 e. The van der Waals surface area contributed by atoms with E-state index in [0.717, 1.165) is 44.9 Å². The number of carbonyl (C=O) groups is 2. The largest absolute Gasteiger partial charge is 0.466 e. The van der Waals surface area contributed by atoms with Crippen molar-refractivity contribution in [3.05, 3.63) is 0 Å². The standard InChI is InChI=1S/C23H43NO5/c1-3-28-22(26)16-12-8-7-11-15-20(23(27)29-4-2)24-18-17-21(25)19-13-9-5-6-10-14-19/h19-21,24-25H,3-18H2,1-2H3. The quantitative estimate of drug-likeness (QED) is 0.238. The van der Waals surface area contributed by atoms with Crippen LogP contribution in [0, 0.1) is 5.92 Å². The van der Waals surface area contributed by atoms with Gasteiger partial charge >= 0.3 is 11.9 Å². The zero-order valence-electron chi connectivity index (χ0n) is 18.6. The molecule has 0 radical (unpaired) electrons. The van der Waals surface area contributed by atoms with Gasteiger partial charge < -0.3 is 19.9 Å². The van der Waals surface area contributed by atoms with Crippen molar-refractivity contribution in [3.8, 4) is 0 Å². The minimum atomic E-state index is -0.318. The summed E-state index contributed by atoms with van der Waals surface area (Å²) >= 11 is 0. The molecule has 0 aromatic heterocycles. The number of hydrogen-bond donors (Lipinski definition) is 2. The Morgan fingerprint density at radius 3 is 2.24 bits per heavy atom. The van der Waals surface area contributed by atoms with E-state index < -0.39 is 0 Å². The molecule has 0 aromatic carbocycles. The summed E-state index contributed by atoms with van der Waals surface area (Å²) in [7, 11) is 0. The molecule has 0 aromatic rings. The zero-order chi connectivity index (χ0) is 21.3. The Kier molecular flexibility index (Phi) is 14.9. The normalized spacial score (nSPS) is 17.3. The highest BCUT2D eigenvalue weighted by atomic mass is 16.5. The van der Waals surface area contributed by atoms with E-state index in [1.165, 1.54) is 25.7 Å². The van der Waals surface area contributed by atoms with Crippen LogP contribution in [-0.4, -0.2) is 48.9 Å². The zero-order valence-corrected chi connectivity index (χ0v) is 18.6. The highest BCUT2D eigenvalue weighted by Crippen LogP contribution is 2.26. The number of esters is 2. The van der Waals surface area contributed by atoms with Crippen LogP contribution in [0.2, 0.25) is 0 Å². The number of nitrogens with one attached hydrogen (secondary N) is 1. The molecular weight excluding hydrogens is 370 g/mol. The summed E-state index contributed by atoms with van der Waals surface area (Å²) in [5.41, 5.74) is 0. The molecule has 1 saturated carbocycles. The Bertz CT molecular complexity index is 435. The molecule has 1 fully saturated rings. The van der Waals surface area contributed by atoms with Crippen molar-refractivity contribution in [1.82, 2.24) is 5.32 Å². The maximum absolute atomic E-state index is 12.2. The number of rotatable bonds is 15. The second kappa shape index (κ2) is 16.6. The van der Waals surface area contributed by atoms with E-state index in [1.54, 1.807) is 0 Å². The van der Waals surface area contributed by atoms with Crippen LogP contribution >= 0.6 is 0 Å². The lowest BCUT2D eigenvalue weighted by atomic mass is 9.92. The van der Waals surface area contributed by atoms with Crippen molar-refractivity contribution >= 4 is 11.9 Å². The van der Waals surface area contributed by atoms with E-state index >= 15 is 0 Å². The van der Waals surface area contributed by atoms with Gasteiger partial charge in [0.05, 0.1) is 19.3 Å². The van der Waals surface area contributed by atoms with Crippen molar-refractivity contribution in [2.45, 2.75) is 109 Å². The van der Waals surface area contributed by atoms with Crippen molar-refractivity contribution in [2.24, 2.45) is 5.92 Å². The molecule has 0 spiro atoms. The lowest BCUT2D eigenvalue weighted by Gasteiger charge is -2.23. The molecule has 0 aliphatic heterocycles. The molecule has 6 nitrogen and oxygen atoms in total. The van der Waals surface area contributed by atoms with Gasteiger partial charge in [-0.2, -0.15) is 0 Å². The van der Waals surface area contributed by atoms with Gasteiger partial charge in [0, 0.05) is 6.42 Å². The molecule has 1 aliphatic carbocycles. The van der Waals surface area contributed by atoms with Crippen molar-refractivity contribution in [3.63, 3.8) is 0 Å². The molecule has 1 rings (SSSR count). The van der Waals surface area contributed by atoms with E-state index in [2.05, 4.69) is 5.32 Å². The third-order valence-electron chi connectivity index (χ3n) is 5.77. The molecule has 1 aliphatic rings. The van der Waals surface area contributed by atoms with Crippen LogP contribution in [0.25, 0.3) is 0 Å². The maximum atomic E-state index is 12.2. The first kappa shape index (κ1) is 25.9. The molecule has 2 N–H and O–H groups in total. The minimum Gasteiger partial charge on any atom is -0.466 e. The fourth-order valence-electron chi connectivity index (χ4n) is 4.09. The first-order valence-corrected chi connectivity index (χ1v) is 11.8. The molecule has 29 heavy (non-hydrogen) atoms. The van der Waals surface area contributed by atoms with E-state index in [1.807, 2.05) is 13.8 Å². The summed E-state index contributed by atoms with van der Waals surface area (Å²) in [4.78, 5) is 23.6. The average molecular weight is 414 g/mol. The molecule has 2 unspecified atom stereocenters. The van der Waals surface area contributed by atoms with Crippen LogP contribution in [-0.2, 0) is 19.1 Å². The van der Waals surface area contributed by atoms with E-state index in [4.69, 9.17) is 9.47 Å². The Morgan fingerprint density at radius 1 is 0.931 bits per heavy atom. The van der Waals surface area contributed by atoms with E-state index in [-0.39, 0.29) is 24.1 Å². The SMILES string of the molecule is CCOC(=O)CCCCCCC(NCCC(O)C1CCCCCC1)C(=O)OCC. The minimum absolute atomic E-state index is 0.134. The Balaban J connectivity index is 2.26. The highest BCUT2D eigenvalue weighted by Gasteiger charge is 2.22. The van der Waals surface area contributed by atoms with Crippen LogP contribution in [0.5, 0.6) is 0 Å². The number of unbranched alkanes of at least 4 members (excludes halogenated alkanes) is 3. The van der Waals surface area contributed by atoms with Gasteiger partial charge in [-0.05, 0) is 58.4 Å². The van der Waals surface area contributed by atoms with Gasteiger partial charge in [-0.15, -0.1) is 0 Å². The van der Waals surface area contributed by atoms with Gasteiger partial charge in [-0.1, -0.05) is 44.9 Å². The smallest absolute Gasteiger partial charge is 0.323 e. The van der Waals surface area contributed by atoms with Gasteiger partial charge in [-0.25, -0.2) is 0 Å². The molecular formula is C23H43NO5. The summed E-state index contributed by atoms with van der Waals surface area (Å²) in [6.07, 6.45) is 12.5. The average Bonchev–Trinajstić information content (AvgIpc) is 2.99. The number of hydrogen-bond acceptors (Lipinski definition) is 6. The molecule has 170 valence electrons. The fraction of sp³-hybridized carbons (Fsp3) is 0.913. The number of aliphatic hydroxyl groups excluding tert-OH is 1. The molecule has 2 atom stereocenters. The number of aliphatic hydroxyl groups is 1. The summed E-state index contributed by atoms with van der Waals surface area (Å²) in [5.74, 6) is 0.0634. The van der Waals surface area contributed by atoms with Crippen LogP contribution in [0.15, 0.2) is 0 Å². The van der Waals surface area contributed by atoms with Gasteiger partial charge in [0.2, 0.25) is 0 Å². The van der Waals surface area contributed by atoms with Crippen molar-refractivity contribution in [2.75, 3.05) is 19.8 Å². The summed E-state index contributed by atoms with van der Waals surface area (Å²) in [6.45, 7) is 5.07. The first-order chi connectivity index (χ1) is 14.1. The first-order valence-electron chi connectivity index (χ1n) is 11.8. The van der Waals surface area contributed by atoms with Crippen LogP contribution in [0.4, 0.5) is 0 Å². The number of ether oxygens (including phenoxy) is 2. The van der Waals surface area contributed by atoms with Gasteiger partial charge in [0.15, 0.2) is 0 Å². The second-order valence-electron chi connectivity index (χ2n) is 8.12. The van der Waals surface area contributed by atoms with Crippen LogP contribution in [0.1, 0.15) is 97.3 Å². The van der Waals surface area contributed by atoms with Crippen molar-refractivity contribution < 1.29 is 24.2 Å². The molecule has 0 saturated heterocycles. The van der Waals surface area contributed by atoms with E-state index in [0.29, 0.717) is 38.5 Å². The Labute approximate surface area is 177 Å². The van der Waals surface area contributed by atoms with Crippen molar-refractivity contribution in [1.29, 1.82) is 0 Å². The highest BCUT2D eigenvalue weighted by molar-refractivity contribution is 5.75.